The molecule has 4 heteroatoms. The van der Waals surface area contributed by atoms with E-state index in [1.165, 1.54) is 0 Å². The molecule has 0 aliphatic carbocycles. The summed E-state index contributed by atoms with van der Waals surface area (Å²) >= 11 is 0. The Kier molecular flexibility index (Phi) is 2.98. The standard InChI is InChI=1S/C11H16FN3/c12-8-9-1-4-15-10(7-9)11(13)2-5-14-6-3-11/h1,4,7,14H,2-3,5-6,8,13H2. The smallest absolute Gasteiger partial charge is 0.115 e. The normalized spacial score (nSPS) is 20.1. The summed E-state index contributed by atoms with van der Waals surface area (Å²) in [7, 11) is 0. The van der Waals surface area contributed by atoms with E-state index in [1.54, 1.807) is 18.3 Å². The Morgan fingerprint density at radius 2 is 2.20 bits per heavy atom. The zero-order chi connectivity index (χ0) is 10.7. The van der Waals surface area contributed by atoms with E-state index >= 15 is 0 Å². The van der Waals surface area contributed by atoms with Gasteiger partial charge in [-0.25, -0.2) is 4.39 Å². The van der Waals surface area contributed by atoms with Gasteiger partial charge in [-0.3, -0.25) is 4.98 Å². The van der Waals surface area contributed by atoms with Crippen LogP contribution in [0.15, 0.2) is 18.3 Å². The molecule has 15 heavy (non-hydrogen) atoms. The van der Waals surface area contributed by atoms with Gasteiger partial charge in [-0.05, 0) is 43.6 Å². The Hall–Kier alpha value is -1.00. The summed E-state index contributed by atoms with van der Waals surface area (Å²) in [6.45, 7) is 1.35. The van der Waals surface area contributed by atoms with Crippen molar-refractivity contribution < 1.29 is 4.39 Å². The zero-order valence-corrected chi connectivity index (χ0v) is 8.67. The number of nitrogens with zero attached hydrogens (tertiary/aromatic N) is 1. The summed E-state index contributed by atoms with van der Waals surface area (Å²) in [6, 6.07) is 3.47. The van der Waals surface area contributed by atoms with Crippen molar-refractivity contribution >= 4 is 0 Å². The summed E-state index contributed by atoms with van der Waals surface area (Å²) in [5.41, 5.74) is 7.38. The Labute approximate surface area is 88.9 Å². The lowest BCUT2D eigenvalue weighted by molar-refractivity contribution is 0.309. The maximum atomic E-state index is 12.5. The fraction of sp³-hybridized carbons (Fsp3) is 0.545. The molecule has 82 valence electrons. The first-order valence-corrected chi connectivity index (χ1v) is 5.25. The molecule has 1 fully saturated rings. The SMILES string of the molecule is NC1(c2cc(CF)ccn2)CCNCC1. The number of alkyl halides is 1. The second kappa shape index (κ2) is 4.24. The summed E-state index contributed by atoms with van der Waals surface area (Å²) in [5.74, 6) is 0. The van der Waals surface area contributed by atoms with Crippen molar-refractivity contribution in [2.75, 3.05) is 13.1 Å². The molecule has 0 radical (unpaired) electrons. The fourth-order valence-electron chi connectivity index (χ4n) is 1.96. The van der Waals surface area contributed by atoms with Crippen LogP contribution < -0.4 is 11.1 Å². The van der Waals surface area contributed by atoms with Crippen molar-refractivity contribution in [1.29, 1.82) is 0 Å². The van der Waals surface area contributed by atoms with Crippen molar-refractivity contribution in [1.82, 2.24) is 10.3 Å². The van der Waals surface area contributed by atoms with Gasteiger partial charge in [-0.1, -0.05) is 0 Å². The predicted molar refractivity (Wildman–Crippen MR) is 57.0 cm³/mol. The van der Waals surface area contributed by atoms with Crippen molar-refractivity contribution in [3.05, 3.63) is 29.6 Å². The van der Waals surface area contributed by atoms with E-state index in [1.807, 2.05) is 0 Å². The van der Waals surface area contributed by atoms with Crippen LogP contribution in [0.2, 0.25) is 0 Å². The number of hydrogen-bond acceptors (Lipinski definition) is 3. The molecule has 1 aliphatic heterocycles. The molecule has 2 rings (SSSR count). The van der Waals surface area contributed by atoms with Crippen molar-refractivity contribution in [2.45, 2.75) is 25.1 Å². The molecule has 0 aromatic carbocycles. The quantitative estimate of drug-likeness (QED) is 0.766. The van der Waals surface area contributed by atoms with E-state index in [-0.39, 0.29) is 5.54 Å². The molecule has 0 atom stereocenters. The number of hydrogen-bond donors (Lipinski definition) is 2. The highest BCUT2D eigenvalue weighted by molar-refractivity contribution is 5.22. The molecule has 0 spiro atoms. The molecule has 0 bridgehead atoms. The minimum atomic E-state index is -0.455. The number of nitrogens with one attached hydrogen (secondary N) is 1. The Balaban J connectivity index is 2.26. The van der Waals surface area contributed by atoms with E-state index in [2.05, 4.69) is 10.3 Å². The molecule has 1 aromatic rings. The number of pyridine rings is 1. The second-order valence-corrected chi connectivity index (χ2v) is 4.09. The van der Waals surface area contributed by atoms with Crippen molar-refractivity contribution in [3.8, 4) is 0 Å². The summed E-state index contributed by atoms with van der Waals surface area (Å²) in [5, 5.41) is 3.26. The highest BCUT2D eigenvalue weighted by Gasteiger charge is 2.30. The number of piperidine rings is 1. The molecule has 3 nitrogen and oxygen atoms in total. The number of halogens is 1. The first-order valence-electron chi connectivity index (χ1n) is 5.25. The van der Waals surface area contributed by atoms with Gasteiger partial charge in [-0.15, -0.1) is 0 Å². The lowest BCUT2D eigenvalue weighted by Crippen LogP contribution is -2.46. The lowest BCUT2D eigenvalue weighted by atomic mass is 9.85. The van der Waals surface area contributed by atoms with Crippen LogP contribution in [0, 0.1) is 0 Å². The van der Waals surface area contributed by atoms with E-state index in [4.69, 9.17) is 5.73 Å². The van der Waals surface area contributed by atoms with Crippen LogP contribution in [-0.2, 0) is 12.2 Å². The Morgan fingerprint density at radius 1 is 1.47 bits per heavy atom. The Morgan fingerprint density at radius 3 is 2.87 bits per heavy atom. The summed E-state index contributed by atoms with van der Waals surface area (Å²) < 4.78 is 12.5. The van der Waals surface area contributed by atoms with Crippen LogP contribution >= 0.6 is 0 Å². The first kappa shape index (κ1) is 10.5. The molecule has 0 unspecified atom stereocenters. The van der Waals surface area contributed by atoms with Gasteiger partial charge in [0, 0.05) is 6.20 Å². The topological polar surface area (TPSA) is 50.9 Å². The van der Waals surface area contributed by atoms with E-state index < -0.39 is 6.67 Å². The van der Waals surface area contributed by atoms with Crippen LogP contribution in [0.3, 0.4) is 0 Å². The third-order valence-corrected chi connectivity index (χ3v) is 2.98. The summed E-state index contributed by atoms with van der Waals surface area (Å²) in [6.07, 6.45) is 3.35. The maximum absolute atomic E-state index is 12.5. The van der Waals surface area contributed by atoms with Gasteiger partial charge in [0.15, 0.2) is 0 Å². The zero-order valence-electron chi connectivity index (χ0n) is 8.67. The minimum Gasteiger partial charge on any atom is -0.320 e. The van der Waals surface area contributed by atoms with Gasteiger partial charge in [0.25, 0.3) is 0 Å². The highest BCUT2D eigenvalue weighted by Crippen LogP contribution is 2.26. The van der Waals surface area contributed by atoms with Crippen molar-refractivity contribution in [3.63, 3.8) is 0 Å². The molecule has 1 aromatic heterocycles. The first-order chi connectivity index (χ1) is 7.24. The molecule has 0 saturated carbocycles. The van der Waals surface area contributed by atoms with Gasteiger partial charge >= 0.3 is 0 Å². The van der Waals surface area contributed by atoms with E-state index in [0.29, 0.717) is 5.56 Å². The highest BCUT2D eigenvalue weighted by atomic mass is 19.1. The van der Waals surface area contributed by atoms with Gasteiger partial charge in [0.1, 0.15) is 6.67 Å². The Bertz CT molecular complexity index is 334. The number of nitrogens with two attached hydrogens (primary N) is 1. The number of rotatable bonds is 2. The van der Waals surface area contributed by atoms with Gasteiger partial charge < -0.3 is 11.1 Å². The van der Waals surface area contributed by atoms with E-state index in [9.17, 15) is 4.39 Å². The molecule has 1 saturated heterocycles. The molecular formula is C11H16FN3. The van der Waals surface area contributed by atoms with Crippen LogP contribution in [0.1, 0.15) is 24.1 Å². The van der Waals surface area contributed by atoms with Gasteiger partial charge in [-0.2, -0.15) is 0 Å². The van der Waals surface area contributed by atoms with Gasteiger partial charge in [0.2, 0.25) is 0 Å². The third kappa shape index (κ3) is 2.16. The summed E-state index contributed by atoms with van der Waals surface area (Å²) in [4.78, 5) is 4.26. The third-order valence-electron chi connectivity index (χ3n) is 2.98. The minimum absolute atomic E-state index is 0.379. The fourth-order valence-corrected chi connectivity index (χ4v) is 1.96. The van der Waals surface area contributed by atoms with Crippen molar-refractivity contribution in [2.24, 2.45) is 5.73 Å². The van der Waals surface area contributed by atoms with E-state index in [0.717, 1.165) is 31.6 Å². The molecule has 2 heterocycles. The van der Waals surface area contributed by atoms with Crippen LogP contribution in [0.25, 0.3) is 0 Å². The average Bonchev–Trinajstić information content (AvgIpc) is 2.30. The largest absolute Gasteiger partial charge is 0.320 e. The predicted octanol–water partition coefficient (Wildman–Crippen LogP) is 1.09. The van der Waals surface area contributed by atoms with Crippen LogP contribution in [0.4, 0.5) is 4.39 Å². The maximum Gasteiger partial charge on any atom is 0.115 e. The lowest BCUT2D eigenvalue weighted by Gasteiger charge is -2.33. The van der Waals surface area contributed by atoms with Crippen LogP contribution in [0.5, 0.6) is 0 Å². The van der Waals surface area contributed by atoms with Gasteiger partial charge in [0.05, 0.1) is 11.2 Å². The molecule has 3 N–H and O–H groups in total. The molecule has 0 amide bonds. The van der Waals surface area contributed by atoms with Crippen LogP contribution in [-0.4, -0.2) is 18.1 Å². The second-order valence-electron chi connectivity index (χ2n) is 4.09. The monoisotopic (exact) mass is 209 g/mol. The average molecular weight is 209 g/mol. The molecule has 1 aliphatic rings. The molecular weight excluding hydrogens is 193 g/mol. The number of aromatic nitrogens is 1.